The summed E-state index contributed by atoms with van der Waals surface area (Å²) in [5, 5.41) is 0. The van der Waals surface area contributed by atoms with E-state index in [1.165, 1.54) is 96.4 Å². The third kappa shape index (κ3) is 25.1. The Bertz CT molecular complexity index is 510. The van der Waals surface area contributed by atoms with E-state index in [0.29, 0.717) is 6.26 Å². The van der Waals surface area contributed by atoms with Crippen molar-refractivity contribution in [2.24, 2.45) is 0 Å². The van der Waals surface area contributed by atoms with Crippen molar-refractivity contribution in [2.45, 2.75) is 103 Å². The molecule has 0 amide bonds. The zero-order valence-electron chi connectivity index (χ0n) is 17.6. The van der Waals surface area contributed by atoms with Gasteiger partial charge in [0.05, 0.1) is 10.1 Å². The van der Waals surface area contributed by atoms with Gasteiger partial charge < -0.3 is 4.55 Å². The van der Waals surface area contributed by atoms with Gasteiger partial charge in [-0.25, -0.2) is 13.0 Å². The molecule has 4 nitrogen and oxygen atoms in total. The van der Waals surface area contributed by atoms with E-state index in [-0.39, 0.29) is 0 Å². The van der Waals surface area contributed by atoms with E-state index >= 15 is 0 Å². The summed E-state index contributed by atoms with van der Waals surface area (Å²) in [4.78, 5) is 0. The second-order valence-electron chi connectivity index (χ2n) is 7.41. The van der Waals surface area contributed by atoms with Crippen LogP contribution >= 0.6 is 0 Å². The first-order valence-corrected chi connectivity index (χ1v) is 12.6. The molecule has 0 saturated carbocycles. The summed E-state index contributed by atoms with van der Waals surface area (Å²) in [6.45, 7) is 3.47. The van der Waals surface area contributed by atoms with Crippen LogP contribution in [0.25, 0.3) is 0 Å². The Morgan fingerprint density at radius 2 is 1.00 bits per heavy atom. The Morgan fingerprint density at radius 3 is 1.37 bits per heavy atom. The molecule has 0 aromatic carbocycles. The van der Waals surface area contributed by atoms with Gasteiger partial charge in [-0.1, -0.05) is 90.0 Å². The molecule has 0 unspecified atom stereocenters. The summed E-state index contributed by atoms with van der Waals surface area (Å²) in [6.07, 6.45) is 25.0. The predicted molar refractivity (Wildman–Crippen MR) is 113 cm³/mol. The molecule has 0 fully saturated rings. The van der Waals surface area contributed by atoms with Gasteiger partial charge in [-0.2, -0.15) is 0 Å². The summed E-state index contributed by atoms with van der Waals surface area (Å²) in [5.41, 5.74) is 0. The maximum absolute atomic E-state index is 9.08. The van der Waals surface area contributed by atoms with Gasteiger partial charge in [0.25, 0.3) is 0 Å². The fourth-order valence-electron chi connectivity index (χ4n) is 3.07. The molecule has 5 heteroatoms. The topological polar surface area (TPSA) is 61.1 Å². The Balaban J connectivity index is 0.00000119. The molecular weight excluding hydrogens is 358 g/mol. The smallest absolute Gasteiger partial charge is 0.168 e. The van der Waals surface area contributed by atoms with Crippen molar-refractivity contribution in [3.05, 3.63) is 30.6 Å². The number of unbranched alkanes of at least 4 members (excludes halogenated alkanes) is 13. The van der Waals surface area contributed by atoms with Crippen LogP contribution in [0.4, 0.5) is 0 Å². The van der Waals surface area contributed by atoms with Crippen LogP contribution in [0.2, 0.25) is 0 Å². The predicted octanol–water partition coefficient (Wildman–Crippen LogP) is 5.62. The highest BCUT2D eigenvalue weighted by atomic mass is 32.2. The maximum atomic E-state index is 9.08. The quantitative estimate of drug-likeness (QED) is 0.218. The van der Waals surface area contributed by atoms with Crippen molar-refractivity contribution in [1.29, 1.82) is 0 Å². The molecule has 1 aromatic heterocycles. The third-order valence-electron chi connectivity index (χ3n) is 4.55. The second kappa shape index (κ2) is 18.4. The molecule has 158 valence electrons. The SMILES string of the molecule is CCCCCCCCCCCCCCCC[n+]1ccccc1.CS(=O)(=O)[O-]. The van der Waals surface area contributed by atoms with E-state index in [9.17, 15) is 0 Å². The molecule has 0 aliphatic heterocycles. The molecule has 1 heterocycles. The lowest BCUT2D eigenvalue weighted by molar-refractivity contribution is -0.697. The average Bonchev–Trinajstić information content (AvgIpc) is 2.61. The molecule has 0 atom stereocenters. The Morgan fingerprint density at radius 1 is 0.667 bits per heavy atom. The van der Waals surface area contributed by atoms with Crippen molar-refractivity contribution in [1.82, 2.24) is 0 Å². The van der Waals surface area contributed by atoms with Gasteiger partial charge in [0, 0.05) is 24.8 Å². The maximum Gasteiger partial charge on any atom is 0.168 e. The van der Waals surface area contributed by atoms with Crippen LogP contribution in [0.15, 0.2) is 30.6 Å². The van der Waals surface area contributed by atoms with Crippen molar-refractivity contribution >= 4 is 10.1 Å². The van der Waals surface area contributed by atoms with Crippen molar-refractivity contribution in [3.8, 4) is 0 Å². The average molecular weight is 400 g/mol. The Hall–Kier alpha value is -0.940. The van der Waals surface area contributed by atoms with E-state index in [2.05, 4.69) is 42.1 Å². The number of aryl methyl sites for hydroxylation is 1. The Labute approximate surface area is 168 Å². The van der Waals surface area contributed by atoms with Crippen LogP contribution in [-0.2, 0) is 16.7 Å². The molecule has 27 heavy (non-hydrogen) atoms. The van der Waals surface area contributed by atoms with Gasteiger partial charge in [-0.15, -0.1) is 0 Å². The third-order valence-corrected chi connectivity index (χ3v) is 4.55. The summed E-state index contributed by atoms with van der Waals surface area (Å²) in [6, 6.07) is 6.31. The molecule has 0 spiro atoms. The van der Waals surface area contributed by atoms with E-state index < -0.39 is 10.1 Å². The first-order chi connectivity index (χ1) is 12.9. The first kappa shape index (κ1) is 26.1. The highest BCUT2D eigenvalue weighted by Gasteiger charge is 1.98. The molecule has 1 aromatic rings. The summed E-state index contributed by atoms with van der Waals surface area (Å²) in [7, 11) is -3.92. The molecular formula is C22H41NO3S. The van der Waals surface area contributed by atoms with Crippen LogP contribution < -0.4 is 4.57 Å². The first-order valence-electron chi connectivity index (χ1n) is 10.8. The molecule has 0 aliphatic carbocycles. The van der Waals surface area contributed by atoms with Crippen molar-refractivity contribution in [2.75, 3.05) is 6.26 Å². The largest absolute Gasteiger partial charge is 0.748 e. The second-order valence-corrected chi connectivity index (χ2v) is 8.82. The Kier molecular flexibility index (Phi) is 17.8. The van der Waals surface area contributed by atoms with Crippen LogP contribution in [-0.4, -0.2) is 19.2 Å². The minimum atomic E-state index is -3.92. The van der Waals surface area contributed by atoms with Crippen LogP contribution in [0.5, 0.6) is 0 Å². The molecule has 0 aliphatic rings. The number of aromatic nitrogens is 1. The lowest BCUT2D eigenvalue weighted by Gasteiger charge is -2.02. The number of hydrogen-bond acceptors (Lipinski definition) is 3. The van der Waals surface area contributed by atoms with Crippen molar-refractivity contribution in [3.63, 3.8) is 0 Å². The fraction of sp³-hybridized carbons (Fsp3) is 0.773. The number of hydrogen-bond donors (Lipinski definition) is 0. The van der Waals surface area contributed by atoms with Crippen LogP contribution in [0, 0.1) is 0 Å². The van der Waals surface area contributed by atoms with Gasteiger partial charge in [-0.05, 0) is 6.42 Å². The zero-order chi connectivity index (χ0) is 20.2. The van der Waals surface area contributed by atoms with Crippen molar-refractivity contribution < 1.29 is 17.5 Å². The lowest BCUT2D eigenvalue weighted by atomic mass is 10.0. The highest BCUT2D eigenvalue weighted by Crippen LogP contribution is 2.12. The zero-order valence-corrected chi connectivity index (χ0v) is 18.4. The normalized spacial score (nSPS) is 11.1. The van der Waals surface area contributed by atoms with Gasteiger partial charge in [0.15, 0.2) is 12.4 Å². The minimum Gasteiger partial charge on any atom is -0.748 e. The van der Waals surface area contributed by atoms with Gasteiger partial charge in [0.1, 0.15) is 6.54 Å². The van der Waals surface area contributed by atoms with Gasteiger partial charge >= 0.3 is 0 Å². The highest BCUT2D eigenvalue weighted by molar-refractivity contribution is 7.84. The van der Waals surface area contributed by atoms with Gasteiger partial charge in [0.2, 0.25) is 0 Å². The number of rotatable bonds is 15. The van der Waals surface area contributed by atoms with E-state index in [0.717, 1.165) is 0 Å². The molecule has 0 bridgehead atoms. The summed E-state index contributed by atoms with van der Waals surface area (Å²) < 4.78 is 29.5. The number of pyridine rings is 1. The van der Waals surface area contributed by atoms with E-state index in [1.54, 1.807) is 0 Å². The van der Waals surface area contributed by atoms with Gasteiger partial charge in [-0.3, -0.25) is 0 Å². The van der Waals surface area contributed by atoms with Crippen LogP contribution in [0.1, 0.15) is 96.8 Å². The molecule has 1 rings (SSSR count). The number of nitrogens with zero attached hydrogens (tertiary/aromatic N) is 1. The monoisotopic (exact) mass is 399 g/mol. The van der Waals surface area contributed by atoms with E-state index in [1.807, 2.05) is 0 Å². The lowest BCUT2D eigenvalue weighted by Crippen LogP contribution is -2.32. The van der Waals surface area contributed by atoms with Crippen LogP contribution in [0.3, 0.4) is 0 Å². The fourth-order valence-corrected chi connectivity index (χ4v) is 3.07. The van der Waals surface area contributed by atoms with E-state index in [4.69, 9.17) is 13.0 Å². The summed E-state index contributed by atoms with van der Waals surface area (Å²) >= 11 is 0. The molecule has 0 saturated heterocycles. The minimum absolute atomic E-state index is 0.604. The standard InChI is InChI=1S/C21H38N.CH4O3S/c1-2-3-4-5-6-7-8-9-10-11-12-13-14-16-19-22-20-17-15-18-21-22;1-5(2,3)4/h15,17-18,20-21H,2-14,16,19H2,1H3;1H3,(H,2,3,4)/q+1;/p-1. The summed E-state index contributed by atoms with van der Waals surface area (Å²) in [5.74, 6) is 0. The molecule has 0 N–H and O–H groups in total. The molecule has 0 radical (unpaired) electrons.